The van der Waals surface area contributed by atoms with Crippen molar-refractivity contribution in [3.05, 3.63) is 71.8 Å². The van der Waals surface area contributed by atoms with E-state index in [4.69, 9.17) is 14.2 Å². The smallest absolute Gasteiger partial charge is 0.259 e. The second-order valence-corrected chi connectivity index (χ2v) is 8.57. The van der Waals surface area contributed by atoms with Crippen LogP contribution in [-0.2, 0) is 15.8 Å². The topological polar surface area (TPSA) is 103 Å². The highest BCUT2D eigenvalue weighted by molar-refractivity contribution is 7.91. The highest BCUT2D eigenvalue weighted by atomic mass is 32.2. The van der Waals surface area contributed by atoms with Gasteiger partial charge in [0.2, 0.25) is 10.0 Å². The van der Waals surface area contributed by atoms with Gasteiger partial charge < -0.3 is 19.5 Å². The van der Waals surface area contributed by atoms with E-state index >= 15 is 0 Å². The number of carbonyl (C=O) groups excluding carboxylic acids is 1. The molecular weight excluding hydrogens is 420 g/mol. The lowest BCUT2D eigenvalue weighted by Gasteiger charge is -2.12. The number of para-hydroxylation sites is 2. The van der Waals surface area contributed by atoms with Crippen LogP contribution in [0.15, 0.2) is 60.7 Å². The first-order valence-electron chi connectivity index (χ1n) is 9.31. The Labute approximate surface area is 179 Å². The van der Waals surface area contributed by atoms with Gasteiger partial charge in [-0.05, 0) is 48.0 Å². The average molecular weight is 440 g/mol. The number of nitrogens with one attached hydrogen (secondary N) is 2. The van der Waals surface area contributed by atoms with Gasteiger partial charge in [0, 0.05) is 11.8 Å². The van der Waals surface area contributed by atoms with Gasteiger partial charge in [0.15, 0.2) is 5.75 Å². The fourth-order valence-electron chi connectivity index (χ4n) is 3.21. The number of hydrogen-bond donors (Lipinski definition) is 2. The second kappa shape index (κ2) is 8.19. The summed E-state index contributed by atoms with van der Waals surface area (Å²) in [5.41, 5.74) is 1.51. The van der Waals surface area contributed by atoms with Gasteiger partial charge in [-0.3, -0.25) is 9.52 Å². The molecule has 2 N–H and O–H groups in total. The van der Waals surface area contributed by atoms with E-state index in [0.29, 0.717) is 34.2 Å². The summed E-state index contributed by atoms with van der Waals surface area (Å²) in [5, 5.41) is 2.76. The number of amides is 1. The summed E-state index contributed by atoms with van der Waals surface area (Å²) in [4.78, 5) is 12.6. The molecule has 0 aromatic heterocycles. The first-order valence-corrected chi connectivity index (χ1v) is 11.0. The number of carbonyl (C=O) groups is 1. The number of benzene rings is 3. The SMILES string of the molecule is COc1cc(CS(=O)(=O)Nc2ccc3c(c2)C(=O)Nc2ccccc2O3)cc(OC)c1. The molecule has 0 bridgehead atoms. The Kier molecular flexibility index (Phi) is 5.43. The van der Waals surface area contributed by atoms with Crippen LogP contribution in [0.4, 0.5) is 11.4 Å². The van der Waals surface area contributed by atoms with Crippen molar-refractivity contribution in [2.24, 2.45) is 0 Å². The van der Waals surface area contributed by atoms with Crippen LogP contribution in [0.1, 0.15) is 15.9 Å². The van der Waals surface area contributed by atoms with E-state index < -0.39 is 15.9 Å². The molecule has 31 heavy (non-hydrogen) atoms. The Bertz CT molecular complexity index is 1230. The zero-order valence-electron chi connectivity index (χ0n) is 16.8. The zero-order chi connectivity index (χ0) is 22.0. The molecule has 0 radical (unpaired) electrons. The van der Waals surface area contributed by atoms with Crippen molar-refractivity contribution in [2.45, 2.75) is 5.75 Å². The summed E-state index contributed by atoms with van der Waals surface area (Å²) >= 11 is 0. The van der Waals surface area contributed by atoms with E-state index in [9.17, 15) is 13.2 Å². The number of anilines is 2. The largest absolute Gasteiger partial charge is 0.497 e. The average Bonchev–Trinajstić information content (AvgIpc) is 2.88. The molecule has 0 aliphatic carbocycles. The monoisotopic (exact) mass is 440 g/mol. The molecule has 160 valence electrons. The number of sulfonamides is 1. The van der Waals surface area contributed by atoms with Crippen molar-refractivity contribution in [1.82, 2.24) is 0 Å². The Balaban J connectivity index is 1.58. The van der Waals surface area contributed by atoms with Gasteiger partial charge in [-0.1, -0.05) is 12.1 Å². The van der Waals surface area contributed by atoms with Gasteiger partial charge in [0.1, 0.15) is 17.2 Å². The lowest BCUT2D eigenvalue weighted by molar-refractivity contribution is 0.102. The van der Waals surface area contributed by atoms with Crippen LogP contribution in [0.5, 0.6) is 23.0 Å². The number of ether oxygens (including phenoxy) is 3. The zero-order valence-corrected chi connectivity index (χ0v) is 17.7. The molecule has 0 saturated heterocycles. The molecule has 0 saturated carbocycles. The van der Waals surface area contributed by atoms with Crippen LogP contribution in [0.3, 0.4) is 0 Å². The molecular formula is C22H20N2O6S. The van der Waals surface area contributed by atoms with Crippen LogP contribution in [0, 0.1) is 0 Å². The van der Waals surface area contributed by atoms with Crippen LogP contribution in [0.25, 0.3) is 0 Å². The highest BCUT2D eigenvalue weighted by Crippen LogP contribution is 2.36. The van der Waals surface area contributed by atoms with Gasteiger partial charge in [0.05, 0.1) is 31.2 Å². The molecule has 0 spiro atoms. The Morgan fingerprint density at radius 3 is 2.35 bits per heavy atom. The minimum Gasteiger partial charge on any atom is -0.497 e. The number of fused-ring (bicyclic) bond motifs is 2. The third-order valence-electron chi connectivity index (χ3n) is 4.62. The van der Waals surface area contributed by atoms with Crippen molar-refractivity contribution >= 4 is 27.3 Å². The van der Waals surface area contributed by atoms with E-state index in [1.54, 1.807) is 54.6 Å². The highest BCUT2D eigenvalue weighted by Gasteiger charge is 2.22. The first-order chi connectivity index (χ1) is 14.9. The predicted molar refractivity (Wildman–Crippen MR) is 117 cm³/mol. The van der Waals surface area contributed by atoms with Gasteiger partial charge in [-0.2, -0.15) is 0 Å². The van der Waals surface area contributed by atoms with Crippen molar-refractivity contribution in [1.29, 1.82) is 0 Å². The molecule has 1 heterocycles. The van der Waals surface area contributed by atoms with Crippen molar-refractivity contribution in [2.75, 3.05) is 24.3 Å². The first kappa shape index (κ1) is 20.5. The lowest BCUT2D eigenvalue weighted by atomic mass is 10.1. The predicted octanol–water partition coefficient (Wildman–Crippen LogP) is 4.00. The summed E-state index contributed by atoms with van der Waals surface area (Å²) in [5.74, 6) is 1.13. The minimum absolute atomic E-state index is 0.222. The van der Waals surface area contributed by atoms with Gasteiger partial charge in [0.25, 0.3) is 5.91 Å². The van der Waals surface area contributed by atoms with Crippen molar-refractivity contribution in [3.8, 4) is 23.0 Å². The van der Waals surface area contributed by atoms with E-state index in [-0.39, 0.29) is 17.0 Å². The van der Waals surface area contributed by atoms with Crippen LogP contribution >= 0.6 is 0 Å². The molecule has 4 rings (SSSR count). The lowest BCUT2D eigenvalue weighted by Crippen LogP contribution is -2.16. The van der Waals surface area contributed by atoms with Crippen LogP contribution in [-0.4, -0.2) is 28.5 Å². The molecule has 1 aliphatic heterocycles. The standard InChI is InChI=1S/C22H20N2O6S/c1-28-16-9-14(10-17(12-16)29-2)13-31(26,27)24-15-7-8-20-18(11-15)22(25)23-19-5-3-4-6-21(19)30-20/h3-12,24H,13H2,1-2H3,(H,23,25). The van der Waals surface area contributed by atoms with Crippen LogP contribution in [0.2, 0.25) is 0 Å². The maximum Gasteiger partial charge on any atom is 0.259 e. The molecule has 9 heteroatoms. The third kappa shape index (κ3) is 4.56. The molecule has 3 aromatic rings. The maximum atomic E-state index is 12.7. The van der Waals surface area contributed by atoms with E-state index in [1.807, 2.05) is 0 Å². The summed E-state index contributed by atoms with van der Waals surface area (Å²) < 4.78 is 44.2. The molecule has 1 amide bonds. The van der Waals surface area contributed by atoms with E-state index in [2.05, 4.69) is 10.0 Å². The molecule has 0 atom stereocenters. The Morgan fingerprint density at radius 1 is 0.935 bits per heavy atom. The molecule has 0 unspecified atom stereocenters. The summed E-state index contributed by atoms with van der Waals surface area (Å²) in [6.07, 6.45) is 0. The molecule has 0 fully saturated rings. The van der Waals surface area contributed by atoms with Crippen LogP contribution < -0.4 is 24.2 Å². The maximum absolute atomic E-state index is 12.7. The quantitative estimate of drug-likeness (QED) is 0.601. The van der Waals surface area contributed by atoms with Crippen molar-refractivity contribution in [3.63, 3.8) is 0 Å². The van der Waals surface area contributed by atoms with E-state index in [0.717, 1.165) is 0 Å². The third-order valence-corrected chi connectivity index (χ3v) is 5.88. The van der Waals surface area contributed by atoms with Gasteiger partial charge in [-0.25, -0.2) is 8.42 Å². The molecule has 3 aromatic carbocycles. The summed E-state index contributed by atoms with van der Waals surface area (Å²) in [7, 11) is -0.793. The number of rotatable bonds is 6. The summed E-state index contributed by atoms with van der Waals surface area (Å²) in [6, 6.07) is 16.5. The van der Waals surface area contributed by atoms with E-state index in [1.165, 1.54) is 20.3 Å². The molecule has 1 aliphatic rings. The molecule has 8 nitrogen and oxygen atoms in total. The Hall–Kier alpha value is -3.72. The van der Waals surface area contributed by atoms with Gasteiger partial charge in [-0.15, -0.1) is 0 Å². The minimum atomic E-state index is -3.78. The Morgan fingerprint density at radius 2 is 1.65 bits per heavy atom. The fraction of sp³-hybridized carbons (Fsp3) is 0.136. The second-order valence-electron chi connectivity index (χ2n) is 6.85. The normalized spacial score (nSPS) is 12.5. The van der Waals surface area contributed by atoms with Crippen molar-refractivity contribution < 1.29 is 27.4 Å². The van der Waals surface area contributed by atoms with Gasteiger partial charge >= 0.3 is 0 Å². The summed E-state index contributed by atoms with van der Waals surface area (Å²) in [6.45, 7) is 0. The number of hydrogen-bond acceptors (Lipinski definition) is 6. The fourth-order valence-corrected chi connectivity index (χ4v) is 4.38. The number of methoxy groups -OCH3 is 2.